The number of hydrogen-bond acceptors (Lipinski definition) is 7. The lowest BCUT2D eigenvalue weighted by molar-refractivity contribution is -0.128. The Labute approximate surface area is 177 Å². The number of amides is 2. The highest BCUT2D eigenvalue weighted by Crippen LogP contribution is 2.22. The van der Waals surface area contributed by atoms with Crippen LogP contribution in [0.4, 0.5) is 5.82 Å². The molecule has 0 aliphatic carbocycles. The number of hydrogen-bond donors (Lipinski definition) is 1. The van der Waals surface area contributed by atoms with Gasteiger partial charge < -0.3 is 9.64 Å². The highest BCUT2D eigenvalue weighted by molar-refractivity contribution is 7.80. The molecule has 1 N–H and O–H groups in total. The van der Waals surface area contributed by atoms with Gasteiger partial charge in [-0.15, -0.1) is 6.58 Å². The lowest BCUT2D eigenvalue weighted by atomic mass is 10.1. The molecule has 0 radical (unpaired) electrons. The predicted molar refractivity (Wildman–Crippen MR) is 115 cm³/mol. The number of rotatable bonds is 4. The van der Waals surface area contributed by atoms with E-state index in [1.165, 1.54) is 21.5 Å². The first-order chi connectivity index (χ1) is 14.5. The number of thiocarbonyl (C=S) groups is 1. The number of nitrogens with zero attached hydrogens (tertiary/aromatic N) is 4. The maximum atomic E-state index is 13.3. The van der Waals surface area contributed by atoms with E-state index in [0.29, 0.717) is 37.8 Å². The molecule has 0 unspecified atom stereocenters. The summed E-state index contributed by atoms with van der Waals surface area (Å²) in [6.07, 6.45) is 4.40. The molecule has 30 heavy (non-hydrogen) atoms. The molecule has 154 valence electrons. The van der Waals surface area contributed by atoms with E-state index in [1.54, 1.807) is 24.4 Å². The molecule has 2 aromatic heterocycles. The van der Waals surface area contributed by atoms with Crippen LogP contribution in [-0.2, 0) is 14.3 Å². The Morgan fingerprint density at radius 3 is 2.73 bits per heavy atom. The van der Waals surface area contributed by atoms with Crippen molar-refractivity contribution in [1.82, 2.24) is 19.6 Å². The van der Waals surface area contributed by atoms with Gasteiger partial charge in [-0.25, -0.2) is 4.98 Å². The lowest BCUT2D eigenvalue weighted by Crippen LogP contribution is -2.54. The van der Waals surface area contributed by atoms with E-state index in [-0.39, 0.29) is 28.4 Å². The second-order valence-electron chi connectivity index (χ2n) is 6.70. The number of carbonyl (C=O) groups excluding carboxylic acids is 2. The van der Waals surface area contributed by atoms with Gasteiger partial charge in [0.05, 0.1) is 18.8 Å². The van der Waals surface area contributed by atoms with Gasteiger partial charge in [0.1, 0.15) is 17.0 Å². The van der Waals surface area contributed by atoms with Crippen LogP contribution in [0.25, 0.3) is 11.7 Å². The Hall–Kier alpha value is -3.37. The van der Waals surface area contributed by atoms with Gasteiger partial charge in [0.15, 0.2) is 5.11 Å². The zero-order chi connectivity index (χ0) is 21.3. The number of carbonyl (C=O) groups is 2. The minimum atomic E-state index is -0.657. The Morgan fingerprint density at radius 2 is 2.00 bits per heavy atom. The van der Waals surface area contributed by atoms with Gasteiger partial charge in [-0.05, 0) is 30.4 Å². The van der Waals surface area contributed by atoms with Crippen molar-refractivity contribution >= 4 is 46.7 Å². The molecular formula is C20H19N5O4S. The summed E-state index contributed by atoms with van der Waals surface area (Å²) in [6, 6.07) is 5.23. The summed E-state index contributed by atoms with van der Waals surface area (Å²) in [7, 11) is 0. The predicted octanol–water partition coefficient (Wildman–Crippen LogP) is 0.344. The third-order valence-corrected chi connectivity index (χ3v) is 5.17. The fraction of sp³-hybridized carbons (Fsp3) is 0.250. The highest BCUT2D eigenvalue weighted by atomic mass is 32.1. The summed E-state index contributed by atoms with van der Waals surface area (Å²) in [5.41, 5.74) is 0.0684. The minimum Gasteiger partial charge on any atom is -0.378 e. The second kappa shape index (κ2) is 8.17. The SMILES string of the molecule is C=CCN1C(=O)/C(=C/c2c(N3CCOCC3)nc3ccccn3c2=O)C(=O)NC1=S. The molecule has 9 nitrogen and oxygen atoms in total. The first kappa shape index (κ1) is 19.9. The third-order valence-electron chi connectivity index (χ3n) is 4.85. The van der Waals surface area contributed by atoms with Crippen molar-refractivity contribution < 1.29 is 14.3 Å². The minimum absolute atomic E-state index is 0.00353. The van der Waals surface area contributed by atoms with E-state index in [1.807, 2.05) is 4.90 Å². The van der Waals surface area contributed by atoms with Crippen LogP contribution in [-0.4, -0.2) is 64.1 Å². The van der Waals surface area contributed by atoms with Gasteiger partial charge in [-0.2, -0.15) is 0 Å². The molecule has 0 aromatic carbocycles. The third kappa shape index (κ3) is 3.51. The number of pyridine rings is 1. The second-order valence-corrected chi connectivity index (χ2v) is 7.09. The Bertz CT molecular complexity index is 1150. The molecule has 0 bridgehead atoms. The normalized spacial score (nSPS) is 18.8. The van der Waals surface area contributed by atoms with Crippen LogP contribution in [0.5, 0.6) is 0 Å². The number of morpholine rings is 1. The quantitative estimate of drug-likeness (QED) is 0.327. The van der Waals surface area contributed by atoms with Gasteiger partial charge in [0.25, 0.3) is 17.4 Å². The standard InChI is InChI=1S/C20H19N5O4S/c1-2-6-25-19(28)14(17(26)22-20(25)30)12-13-16(23-8-10-29-11-9-23)21-15-5-3-4-7-24(15)18(13)27/h2-5,7,12H,1,6,8-11H2,(H,22,26,30)/b14-12+. The van der Waals surface area contributed by atoms with Crippen LogP contribution in [0.2, 0.25) is 0 Å². The van der Waals surface area contributed by atoms with E-state index >= 15 is 0 Å². The average molecular weight is 425 g/mol. The van der Waals surface area contributed by atoms with E-state index in [9.17, 15) is 14.4 Å². The Kier molecular flexibility index (Phi) is 5.42. The summed E-state index contributed by atoms with van der Waals surface area (Å²) >= 11 is 5.08. The summed E-state index contributed by atoms with van der Waals surface area (Å²) in [5, 5.41) is 2.49. The van der Waals surface area contributed by atoms with Crippen molar-refractivity contribution in [3.8, 4) is 0 Å². The fourth-order valence-corrected chi connectivity index (χ4v) is 3.62. The summed E-state index contributed by atoms with van der Waals surface area (Å²) in [4.78, 5) is 46.5. The number of aromatic nitrogens is 2. The van der Waals surface area contributed by atoms with Crippen LogP contribution < -0.4 is 15.8 Å². The van der Waals surface area contributed by atoms with Crippen LogP contribution in [0.15, 0.2) is 47.4 Å². The number of ether oxygens (including phenoxy) is 1. The van der Waals surface area contributed by atoms with Crippen molar-refractivity contribution in [2.45, 2.75) is 0 Å². The van der Waals surface area contributed by atoms with Crippen molar-refractivity contribution in [1.29, 1.82) is 0 Å². The zero-order valence-electron chi connectivity index (χ0n) is 16.0. The Morgan fingerprint density at radius 1 is 1.23 bits per heavy atom. The number of anilines is 1. The monoisotopic (exact) mass is 425 g/mol. The largest absolute Gasteiger partial charge is 0.378 e. The average Bonchev–Trinajstić information content (AvgIpc) is 2.76. The molecule has 2 saturated heterocycles. The molecule has 10 heteroatoms. The molecule has 0 atom stereocenters. The molecule has 2 aliphatic rings. The number of nitrogens with one attached hydrogen (secondary N) is 1. The topological polar surface area (TPSA) is 96.2 Å². The van der Waals surface area contributed by atoms with Crippen molar-refractivity contribution in [3.05, 3.63) is 58.5 Å². The van der Waals surface area contributed by atoms with E-state index in [0.717, 1.165) is 0 Å². The van der Waals surface area contributed by atoms with Gasteiger partial charge in [0.2, 0.25) is 0 Å². The van der Waals surface area contributed by atoms with Crippen LogP contribution >= 0.6 is 12.2 Å². The first-order valence-corrected chi connectivity index (χ1v) is 9.76. The molecular weight excluding hydrogens is 406 g/mol. The lowest BCUT2D eigenvalue weighted by Gasteiger charge is -2.30. The summed E-state index contributed by atoms with van der Waals surface area (Å²) in [5.74, 6) is -0.837. The maximum Gasteiger partial charge on any atom is 0.267 e. The van der Waals surface area contributed by atoms with E-state index in [4.69, 9.17) is 17.0 Å². The highest BCUT2D eigenvalue weighted by Gasteiger charge is 2.33. The molecule has 4 rings (SSSR count). The smallest absolute Gasteiger partial charge is 0.267 e. The molecule has 0 spiro atoms. The molecule has 2 aromatic rings. The van der Waals surface area contributed by atoms with Crippen LogP contribution in [0.3, 0.4) is 0 Å². The van der Waals surface area contributed by atoms with Crippen molar-refractivity contribution in [3.63, 3.8) is 0 Å². The van der Waals surface area contributed by atoms with Gasteiger partial charge in [-0.1, -0.05) is 12.1 Å². The van der Waals surface area contributed by atoms with Gasteiger partial charge >= 0.3 is 0 Å². The molecule has 0 saturated carbocycles. The number of fused-ring (bicyclic) bond motifs is 1. The Balaban J connectivity index is 1.90. The van der Waals surface area contributed by atoms with Crippen molar-refractivity contribution in [2.24, 2.45) is 0 Å². The fourth-order valence-electron chi connectivity index (χ4n) is 3.37. The molecule has 2 fully saturated rings. The molecule has 2 amide bonds. The molecule has 2 aliphatic heterocycles. The van der Waals surface area contributed by atoms with Gasteiger partial charge in [-0.3, -0.25) is 29.0 Å². The maximum absolute atomic E-state index is 13.3. The summed E-state index contributed by atoms with van der Waals surface area (Å²) < 4.78 is 6.78. The summed E-state index contributed by atoms with van der Waals surface area (Å²) in [6.45, 7) is 5.81. The zero-order valence-corrected chi connectivity index (χ0v) is 16.9. The van der Waals surface area contributed by atoms with Crippen LogP contribution in [0, 0.1) is 0 Å². The van der Waals surface area contributed by atoms with E-state index < -0.39 is 11.8 Å². The first-order valence-electron chi connectivity index (χ1n) is 9.35. The molecule has 4 heterocycles. The van der Waals surface area contributed by atoms with Gasteiger partial charge in [0, 0.05) is 25.8 Å². The van der Waals surface area contributed by atoms with Crippen molar-refractivity contribution in [2.75, 3.05) is 37.7 Å². The van der Waals surface area contributed by atoms with E-state index in [2.05, 4.69) is 16.9 Å². The van der Waals surface area contributed by atoms with Crippen LogP contribution in [0.1, 0.15) is 5.56 Å².